The highest BCUT2D eigenvalue weighted by Gasteiger charge is 2.48. The molecule has 166 valence electrons. The minimum absolute atomic E-state index is 0.120. The topological polar surface area (TPSA) is 55.6 Å². The van der Waals surface area contributed by atoms with Crippen LogP contribution in [0.25, 0.3) is 0 Å². The Kier molecular flexibility index (Phi) is 6.91. The van der Waals surface area contributed by atoms with Crippen LogP contribution in [0.4, 0.5) is 0 Å². The molecule has 1 unspecified atom stereocenters. The molecule has 1 fully saturated rings. The van der Waals surface area contributed by atoms with E-state index in [1.807, 2.05) is 72.8 Å². The Bertz CT molecular complexity index is 963. The number of hydrogen-bond donors (Lipinski definition) is 1. The fraction of sp³-hybridized carbons (Fsp3) is 0.321. The number of piperidine rings is 1. The Morgan fingerprint density at radius 3 is 2.09 bits per heavy atom. The standard InChI is InChI=1S/C28H32N2O2/c1-32-26-16-14-22(15-17-26)18-20-30-19-8-13-25(21-30)28(27(29)31,23-9-4-2-5-10-23)24-11-6-3-7-12-24/h2-7,9-12,14-17,25H,8,13,18-21H2,1H3,(H2,29,31). The van der Waals surface area contributed by atoms with Crippen LogP contribution in [0.5, 0.6) is 5.75 Å². The van der Waals surface area contributed by atoms with Gasteiger partial charge < -0.3 is 15.4 Å². The number of amides is 1. The lowest BCUT2D eigenvalue weighted by Crippen LogP contribution is -2.53. The van der Waals surface area contributed by atoms with Crippen molar-refractivity contribution in [3.63, 3.8) is 0 Å². The predicted molar refractivity (Wildman–Crippen MR) is 129 cm³/mol. The van der Waals surface area contributed by atoms with Crippen LogP contribution < -0.4 is 10.5 Å². The van der Waals surface area contributed by atoms with Crippen molar-refractivity contribution < 1.29 is 9.53 Å². The predicted octanol–water partition coefficient (Wildman–Crippen LogP) is 4.42. The molecule has 0 bridgehead atoms. The number of ether oxygens (including phenoxy) is 1. The van der Waals surface area contributed by atoms with Crippen LogP contribution in [0.15, 0.2) is 84.9 Å². The molecular formula is C28H32N2O2. The number of nitrogens with zero attached hydrogens (tertiary/aromatic N) is 1. The molecule has 0 aliphatic carbocycles. The Labute approximate surface area is 191 Å². The quantitative estimate of drug-likeness (QED) is 0.578. The summed E-state index contributed by atoms with van der Waals surface area (Å²) < 4.78 is 5.27. The van der Waals surface area contributed by atoms with Crippen LogP contribution >= 0.6 is 0 Å². The summed E-state index contributed by atoms with van der Waals surface area (Å²) in [6, 6.07) is 28.5. The van der Waals surface area contributed by atoms with E-state index in [1.165, 1.54) is 5.56 Å². The van der Waals surface area contributed by atoms with Gasteiger partial charge in [-0.15, -0.1) is 0 Å². The van der Waals surface area contributed by atoms with Crippen LogP contribution in [-0.4, -0.2) is 37.6 Å². The average Bonchev–Trinajstić information content (AvgIpc) is 2.85. The first-order chi connectivity index (χ1) is 15.6. The van der Waals surface area contributed by atoms with Crippen LogP contribution in [0.1, 0.15) is 29.5 Å². The van der Waals surface area contributed by atoms with Gasteiger partial charge in [-0.2, -0.15) is 0 Å². The van der Waals surface area contributed by atoms with E-state index < -0.39 is 5.41 Å². The minimum atomic E-state index is -0.832. The highest BCUT2D eigenvalue weighted by Crippen LogP contribution is 2.43. The zero-order valence-electron chi connectivity index (χ0n) is 18.7. The normalized spacial score (nSPS) is 17.1. The first-order valence-electron chi connectivity index (χ1n) is 11.4. The number of methoxy groups -OCH3 is 1. The third-order valence-corrected chi connectivity index (χ3v) is 6.84. The van der Waals surface area contributed by atoms with Crippen LogP contribution in [-0.2, 0) is 16.6 Å². The molecule has 1 aliphatic heterocycles. The third-order valence-electron chi connectivity index (χ3n) is 6.84. The lowest BCUT2D eigenvalue weighted by Gasteiger charge is -2.44. The number of rotatable bonds is 8. The Hall–Kier alpha value is -3.11. The second-order valence-corrected chi connectivity index (χ2v) is 8.64. The van der Waals surface area contributed by atoms with Gasteiger partial charge in [0.15, 0.2) is 0 Å². The molecule has 32 heavy (non-hydrogen) atoms. The van der Waals surface area contributed by atoms with Gasteiger partial charge in [-0.05, 0) is 60.5 Å². The van der Waals surface area contributed by atoms with Gasteiger partial charge in [-0.3, -0.25) is 4.79 Å². The fourth-order valence-corrected chi connectivity index (χ4v) is 5.22. The second kappa shape index (κ2) is 10.0. The van der Waals surface area contributed by atoms with E-state index in [0.29, 0.717) is 0 Å². The van der Waals surface area contributed by atoms with E-state index in [2.05, 4.69) is 17.0 Å². The molecule has 3 aromatic rings. The summed E-state index contributed by atoms with van der Waals surface area (Å²) >= 11 is 0. The summed E-state index contributed by atoms with van der Waals surface area (Å²) in [4.78, 5) is 15.7. The Morgan fingerprint density at radius 2 is 1.56 bits per heavy atom. The van der Waals surface area contributed by atoms with Gasteiger partial charge in [-0.25, -0.2) is 0 Å². The van der Waals surface area contributed by atoms with Crippen molar-refractivity contribution in [3.8, 4) is 5.75 Å². The molecule has 0 radical (unpaired) electrons. The fourth-order valence-electron chi connectivity index (χ4n) is 5.22. The zero-order valence-corrected chi connectivity index (χ0v) is 18.7. The number of carbonyl (C=O) groups is 1. The highest BCUT2D eigenvalue weighted by atomic mass is 16.5. The third kappa shape index (κ3) is 4.42. The van der Waals surface area contributed by atoms with Crippen LogP contribution in [0.2, 0.25) is 0 Å². The van der Waals surface area contributed by atoms with Gasteiger partial charge in [0.05, 0.1) is 7.11 Å². The molecule has 1 aliphatic rings. The molecule has 0 saturated carbocycles. The molecule has 4 nitrogen and oxygen atoms in total. The van der Waals surface area contributed by atoms with E-state index >= 15 is 0 Å². The smallest absolute Gasteiger partial charge is 0.232 e. The molecule has 1 heterocycles. The zero-order chi connectivity index (χ0) is 22.4. The van der Waals surface area contributed by atoms with E-state index in [1.54, 1.807) is 7.11 Å². The second-order valence-electron chi connectivity index (χ2n) is 8.64. The van der Waals surface area contributed by atoms with Gasteiger partial charge >= 0.3 is 0 Å². The summed E-state index contributed by atoms with van der Waals surface area (Å²) in [5.41, 5.74) is 8.67. The average molecular weight is 429 g/mol. The van der Waals surface area contributed by atoms with Crippen molar-refractivity contribution in [2.45, 2.75) is 24.7 Å². The van der Waals surface area contributed by atoms with Gasteiger partial charge in [0.1, 0.15) is 11.2 Å². The summed E-state index contributed by atoms with van der Waals surface area (Å²) in [7, 11) is 1.69. The summed E-state index contributed by atoms with van der Waals surface area (Å²) in [6.07, 6.45) is 3.00. The highest BCUT2D eigenvalue weighted by molar-refractivity contribution is 5.91. The molecule has 1 saturated heterocycles. The number of benzene rings is 3. The lowest BCUT2D eigenvalue weighted by molar-refractivity contribution is -0.124. The van der Waals surface area contributed by atoms with Crippen LogP contribution in [0.3, 0.4) is 0 Å². The summed E-state index contributed by atoms with van der Waals surface area (Å²) in [5, 5.41) is 0. The number of carbonyl (C=O) groups excluding carboxylic acids is 1. The van der Waals surface area contributed by atoms with E-state index in [9.17, 15) is 4.79 Å². The first kappa shape index (κ1) is 22.1. The molecule has 1 amide bonds. The number of primary amides is 1. The van der Waals surface area contributed by atoms with Crippen molar-refractivity contribution in [1.82, 2.24) is 4.90 Å². The molecule has 3 aromatic carbocycles. The van der Waals surface area contributed by atoms with E-state index in [0.717, 1.165) is 55.8 Å². The largest absolute Gasteiger partial charge is 0.497 e. The lowest BCUT2D eigenvalue weighted by atomic mass is 9.63. The Morgan fingerprint density at radius 1 is 0.969 bits per heavy atom. The van der Waals surface area contributed by atoms with E-state index in [-0.39, 0.29) is 11.8 Å². The van der Waals surface area contributed by atoms with Gasteiger partial charge in [0.25, 0.3) is 0 Å². The summed E-state index contributed by atoms with van der Waals surface area (Å²) in [6.45, 7) is 2.86. The molecular weight excluding hydrogens is 396 g/mol. The SMILES string of the molecule is COc1ccc(CCN2CCCC(C(C(N)=O)(c3ccccc3)c3ccccc3)C2)cc1. The van der Waals surface area contributed by atoms with Crippen LogP contribution in [0, 0.1) is 5.92 Å². The molecule has 1 atom stereocenters. The first-order valence-corrected chi connectivity index (χ1v) is 11.4. The van der Waals surface area contributed by atoms with Crippen molar-refractivity contribution in [2.24, 2.45) is 11.7 Å². The van der Waals surface area contributed by atoms with Gasteiger partial charge in [-0.1, -0.05) is 72.8 Å². The summed E-state index contributed by atoms with van der Waals surface area (Å²) in [5.74, 6) is 0.732. The minimum Gasteiger partial charge on any atom is -0.497 e. The monoisotopic (exact) mass is 428 g/mol. The number of likely N-dealkylation sites (tertiary alicyclic amines) is 1. The number of nitrogens with two attached hydrogens (primary N) is 1. The molecule has 4 rings (SSSR count). The molecule has 4 heteroatoms. The molecule has 0 aromatic heterocycles. The maximum Gasteiger partial charge on any atom is 0.232 e. The van der Waals surface area contributed by atoms with Crippen molar-refractivity contribution in [3.05, 3.63) is 102 Å². The van der Waals surface area contributed by atoms with Gasteiger partial charge in [0, 0.05) is 13.1 Å². The maximum atomic E-state index is 13.3. The van der Waals surface area contributed by atoms with E-state index in [4.69, 9.17) is 10.5 Å². The number of hydrogen-bond acceptors (Lipinski definition) is 3. The van der Waals surface area contributed by atoms with Gasteiger partial charge in [0.2, 0.25) is 5.91 Å². The molecule has 0 spiro atoms. The van der Waals surface area contributed by atoms with Crippen molar-refractivity contribution in [1.29, 1.82) is 0 Å². The van der Waals surface area contributed by atoms with Crippen molar-refractivity contribution >= 4 is 5.91 Å². The molecule has 2 N–H and O–H groups in total. The maximum absolute atomic E-state index is 13.3. The Balaban J connectivity index is 1.60. The van der Waals surface area contributed by atoms with Crippen molar-refractivity contribution in [2.75, 3.05) is 26.7 Å².